The molecular weight excluding hydrogens is 392 g/mol. The van der Waals surface area contributed by atoms with Gasteiger partial charge in [0.1, 0.15) is 5.82 Å². The quantitative estimate of drug-likeness (QED) is 0.701. The predicted molar refractivity (Wildman–Crippen MR) is 128 cm³/mol. The summed E-state index contributed by atoms with van der Waals surface area (Å²) in [5, 5.41) is 6.98. The fourth-order valence-electron chi connectivity index (χ4n) is 4.30. The van der Waals surface area contributed by atoms with Crippen molar-refractivity contribution in [2.75, 3.05) is 41.3 Å². The Bertz CT molecular complexity index is 862. The van der Waals surface area contributed by atoms with Gasteiger partial charge in [0.2, 0.25) is 5.95 Å². The Morgan fingerprint density at radius 1 is 1.07 bits per heavy atom. The van der Waals surface area contributed by atoms with E-state index in [9.17, 15) is 0 Å². The van der Waals surface area contributed by atoms with E-state index in [1.807, 2.05) is 6.92 Å². The molecule has 0 aliphatic carbocycles. The predicted octanol–water partition coefficient (Wildman–Crippen LogP) is 4.11. The maximum atomic E-state index is 5.49. The summed E-state index contributed by atoms with van der Waals surface area (Å²) in [5.74, 6) is 2.24. The van der Waals surface area contributed by atoms with Crippen LogP contribution in [-0.4, -0.2) is 41.3 Å². The highest BCUT2D eigenvalue weighted by Gasteiger charge is 2.19. The van der Waals surface area contributed by atoms with E-state index < -0.39 is 0 Å². The molecule has 1 atom stereocenters. The van der Waals surface area contributed by atoms with Crippen molar-refractivity contribution >= 4 is 34.8 Å². The van der Waals surface area contributed by atoms with Crippen LogP contribution in [0.15, 0.2) is 30.3 Å². The van der Waals surface area contributed by atoms with E-state index >= 15 is 0 Å². The highest BCUT2D eigenvalue weighted by Crippen LogP contribution is 2.23. The second-order valence-electron chi connectivity index (χ2n) is 8.55. The summed E-state index contributed by atoms with van der Waals surface area (Å²) in [6, 6.07) is 10.8. The van der Waals surface area contributed by atoms with Crippen LogP contribution in [0.4, 0.5) is 17.5 Å². The first-order chi connectivity index (χ1) is 14.6. The molecule has 0 amide bonds. The molecule has 30 heavy (non-hydrogen) atoms. The second kappa shape index (κ2) is 9.60. The fourth-order valence-corrected chi connectivity index (χ4v) is 4.46. The van der Waals surface area contributed by atoms with Crippen LogP contribution >= 0.6 is 12.2 Å². The number of nitrogens with one attached hydrogen (secondary N) is 2. The molecule has 2 aliphatic rings. The lowest BCUT2D eigenvalue weighted by molar-refractivity contribution is 0.444. The van der Waals surface area contributed by atoms with Gasteiger partial charge in [-0.05, 0) is 68.4 Å². The van der Waals surface area contributed by atoms with Crippen LogP contribution in [0, 0.1) is 12.8 Å². The number of aromatic nitrogens is 2. The number of piperidine rings is 1. The van der Waals surface area contributed by atoms with Crippen molar-refractivity contribution < 1.29 is 0 Å². The number of rotatable bonds is 5. The lowest BCUT2D eigenvalue weighted by Gasteiger charge is -2.32. The molecule has 0 bridgehead atoms. The summed E-state index contributed by atoms with van der Waals surface area (Å²) in [7, 11) is 0. The van der Waals surface area contributed by atoms with E-state index in [-0.39, 0.29) is 0 Å². The molecule has 2 N–H and O–H groups in total. The molecule has 1 aromatic carbocycles. The zero-order valence-electron chi connectivity index (χ0n) is 18.0. The van der Waals surface area contributed by atoms with Gasteiger partial charge in [-0.15, -0.1) is 0 Å². The van der Waals surface area contributed by atoms with Crippen LogP contribution in [0.1, 0.15) is 43.9 Å². The Morgan fingerprint density at radius 2 is 1.80 bits per heavy atom. The summed E-state index contributed by atoms with van der Waals surface area (Å²) < 4.78 is 0. The maximum Gasteiger partial charge on any atom is 0.231 e. The van der Waals surface area contributed by atoms with E-state index in [2.05, 4.69) is 62.7 Å². The molecule has 0 unspecified atom stereocenters. The van der Waals surface area contributed by atoms with Crippen molar-refractivity contribution in [2.45, 2.75) is 46.1 Å². The Kier molecular flexibility index (Phi) is 6.67. The maximum absolute atomic E-state index is 5.49. The molecule has 6 nitrogen and oxygen atoms in total. The first-order valence-electron chi connectivity index (χ1n) is 11.1. The lowest BCUT2D eigenvalue weighted by atomic mass is 10.0. The van der Waals surface area contributed by atoms with Gasteiger partial charge in [0, 0.05) is 50.2 Å². The molecule has 0 saturated carbocycles. The zero-order chi connectivity index (χ0) is 20.9. The third-order valence-electron chi connectivity index (χ3n) is 5.91. The average Bonchev–Trinajstić information content (AvgIpc) is 3.27. The van der Waals surface area contributed by atoms with Gasteiger partial charge in [-0.1, -0.05) is 19.1 Å². The van der Waals surface area contributed by atoms with Gasteiger partial charge in [0.05, 0.1) is 0 Å². The highest BCUT2D eigenvalue weighted by atomic mass is 32.1. The van der Waals surface area contributed by atoms with Crippen LogP contribution in [0.25, 0.3) is 0 Å². The van der Waals surface area contributed by atoms with Gasteiger partial charge in [-0.3, -0.25) is 0 Å². The van der Waals surface area contributed by atoms with Gasteiger partial charge >= 0.3 is 0 Å². The largest absolute Gasteiger partial charge is 0.372 e. The monoisotopic (exact) mass is 424 g/mol. The van der Waals surface area contributed by atoms with Crippen molar-refractivity contribution in [1.29, 1.82) is 0 Å². The molecular formula is C23H32N6S. The average molecular weight is 425 g/mol. The number of hydrogen-bond acceptors (Lipinski definition) is 5. The number of benzene rings is 1. The van der Waals surface area contributed by atoms with Crippen LogP contribution in [0.2, 0.25) is 0 Å². The Labute approximate surface area is 185 Å². The fraction of sp³-hybridized carbons (Fsp3) is 0.522. The second-order valence-corrected chi connectivity index (χ2v) is 8.96. The van der Waals surface area contributed by atoms with E-state index in [4.69, 9.17) is 17.2 Å². The number of aryl methyl sites for hydroxylation is 1. The summed E-state index contributed by atoms with van der Waals surface area (Å²) in [6.45, 7) is 9.41. The molecule has 4 rings (SSSR count). The summed E-state index contributed by atoms with van der Waals surface area (Å²) in [6.07, 6.45) is 5.09. The molecule has 2 aromatic rings. The Balaban J connectivity index is 1.32. The third kappa shape index (κ3) is 5.39. The van der Waals surface area contributed by atoms with Crippen molar-refractivity contribution in [3.05, 3.63) is 41.6 Å². The smallest absolute Gasteiger partial charge is 0.231 e. The first-order valence-corrected chi connectivity index (χ1v) is 11.5. The van der Waals surface area contributed by atoms with Crippen molar-refractivity contribution in [1.82, 2.24) is 15.3 Å². The van der Waals surface area contributed by atoms with Crippen molar-refractivity contribution in [2.24, 2.45) is 5.92 Å². The Morgan fingerprint density at radius 3 is 2.53 bits per heavy atom. The molecule has 2 aliphatic heterocycles. The minimum absolute atomic E-state index is 0.544. The van der Waals surface area contributed by atoms with Gasteiger partial charge in [0.25, 0.3) is 0 Å². The van der Waals surface area contributed by atoms with Crippen LogP contribution in [0.3, 0.4) is 0 Å². The molecule has 3 heterocycles. The van der Waals surface area contributed by atoms with E-state index in [1.165, 1.54) is 50.0 Å². The molecule has 2 fully saturated rings. The van der Waals surface area contributed by atoms with Crippen LogP contribution in [0.5, 0.6) is 0 Å². The van der Waals surface area contributed by atoms with E-state index in [0.29, 0.717) is 23.5 Å². The Hall–Kier alpha value is -2.41. The SMILES string of the molecule is Cc1cc(N2CCC[C@@H](C)C2)nc(NC(=S)NCc2ccc(N3CCCC3)cc2)n1. The molecule has 0 radical (unpaired) electrons. The van der Waals surface area contributed by atoms with Crippen molar-refractivity contribution in [3.63, 3.8) is 0 Å². The minimum atomic E-state index is 0.544. The van der Waals surface area contributed by atoms with Gasteiger partial charge < -0.3 is 20.4 Å². The standard InChI is InChI=1S/C23H32N6S/c1-17-6-5-13-29(16-17)21-14-18(2)25-22(26-21)27-23(30)24-15-19-7-9-20(10-8-19)28-11-3-4-12-28/h7-10,14,17H,3-6,11-13,15-16H2,1-2H3,(H2,24,25,26,27,30)/t17-/m1/s1. The van der Waals surface area contributed by atoms with Gasteiger partial charge in [-0.25, -0.2) is 4.98 Å². The molecule has 2 saturated heterocycles. The first kappa shape index (κ1) is 20.8. The number of thiocarbonyl (C=S) groups is 1. The third-order valence-corrected chi connectivity index (χ3v) is 6.15. The topological polar surface area (TPSA) is 56.3 Å². The molecule has 1 aromatic heterocycles. The van der Waals surface area contributed by atoms with Crippen LogP contribution in [-0.2, 0) is 6.54 Å². The molecule has 0 spiro atoms. The summed E-state index contributed by atoms with van der Waals surface area (Å²) >= 11 is 5.49. The highest BCUT2D eigenvalue weighted by molar-refractivity contribution is 7.80. The zero-order valence-corrected chi connectivity index (χ0v) is 18.8. The number of nitrogens with zero attached hydrogens (tertiary/aromatic N) is 4. The number of hydrogen-bond donors (Lipinski definition) is 2. The normalized spacial score (nSPS) is 19.1. The van der Waals surface area contributed by atoms with E-state index in [0.717, 1.165) is 24.6 Å². The minimum Gasteiger partial charge on any atom is -0.372 e. The van der Waals surface area contributed by atoms with Crippen LogP contribution < -0.4 is 20.4 Å². The lowest BCUT2D eigenvalue weighted by Crippen LogP contribution is -2.35. The van der Waals surface area contributed by atoms with Gasteiger partial charge in [0.15, 0.2) is 5.11 Å². The summed E-state index contributed by atoms with van der Waals surface area (Å²) in [4.78, 5) is 14.0. The molecule has 160 valence electrons. The van der Waals surface area contributed by atoms with Gasteiger partial charge in [-0.2, -0.15) is 4.98 Å². The molecule has 7 heteroatoms. The number of anilines is 3. The van der Waals surface area contributed by atoms with Crippen molar-refractivity contribution in [3.8, 4) is 0 Å². The van der Waals surface area contributed by atoms with E-state index in [1.54, 1.807) is 0 Å². The summed E-state index contributed by atoms with van der Waals surface area (Å²) in [5.41, 5.74) is 3.46.